The quantitative estimate of drug-likeness (QED) is 0.840. The second-order valence-electron chi connectivity index (χ2n) is 6.31. The Morgan fingerprint density at radius 2 is 1.76 bits per heavy atom. The van der Waals surface area contributed by atoms with Crippen LogP contribution in [0.25, 0.3) is 10.6 Å². The highest BCUT2D eigenvalue weighted by Crippen LogP contribution is 2.29. The van der Waals surface area contributed by atoms with E-state index in [1.807, 2.05) is 17.0 Å². The molecule has 0 spiro atoms. The lowest BCUT2D eigenvalue weighted by molar-refractivity contribution is 0.0763. The summed E-state index contributed by atoms with van der Waals surface area (Å²) < 4.78 is 0. The number of hydrogen-bond acceptors (Lipinski definition) is 5. The predicted octanol–water partition coefficient (Wildman–Crippen LogP) is 3.12. The molecule has 1 amide bonds. The van der Waals surface area contributed by atoms with E-state index in [4.69, 9.17) is 0 Å². The zero-order chi connectivity index (χ0) is 15.6. The average molecular weight is 401 g/mol. The topological polar surface area (TPSA) is 58.1 Å². The molecule has 0 bridgehead atoms. The number of amides is 1. The molecule has 0 radical (unpaired) electrons. The maximum absolute atomic E-state index is 12.8. The SMILES string of the molecule is Cl.Cl.O=C(c1cnc(-c2ccncc2)s1)N1CC[C@@H]2CNC[C@@H]2CC1. The van der Waals surface area contributed by atoms with Crippen molar-refractivity contribution in [2.45, 2.75) is 12.8 Å². The summed E-state index contributed by atoms with van der Waals surface area (Å²) in [6, 6.07) is 3.85. The van der Waals surface area contributed by atoms with Gasteiger partial charge in [0.05, 0.1) is 6.20 Å². The molecule has 2 saturated heterocycles. The van der Waals surface area contributed by atoms with E-state index < -0.39 is 0 Å². The first-order valence-corrected chi connectivity index (χ1v) is 8.99. The van der Waals surface area contributed by atoms with Crippen molar-refractivity contribution >= 4 is 42.1 Å². The molecule has 0 aromatic carbocycles. The van der Waals surface area contributed by atoms with Gasteiger partial charge in [0.2, 0.25) is 0 Å². The molecule has 8 heteroatoms. The van der Waals surface area contributed by atoms with Gasteiger partial charge in [0.15, 0.2) is 0 Å². The number of carbonyl (C=O) groups excluding carboxylic acids is 1. The Kier molecular flexibility index (Phi) is 7.19. The van der Waals surface area contributed by atoms with Crippen molar-refractivity contribution in [2.75, 3.05) is 26.2 Å². The minimum absolute atomic E-state index is 0. The summed E-state index contributed by atoms with van der Waals surface area (Å²) in [6.45, 7) is 3.95. The fourth-order valence-corrected chi connectivity index (χ4v) is 4.47. The van der Waals surface area contributed by atoms with Crippen LogP contribution in [0.3, 0.4) is 0 Å². The monoisotopic (exact) mass is 400 g/mol. The van der Waals surface area contributed by atoms with E-state index in [1.165, 1.54) is 11.3 Å². The second kappa shape index (κ2) is 8.94. The number of carbonyl (C=O) groups is 1. The summed E-state index contributed by atoms with van der Waals surface area (Å²) >= 11 is 1.47. The summed E-state index contributed by atoms with van der Waals surface area (Å²) in [4.78, 5) is 24.0. The number of rotatable bonds is 2. The number of fused-ring (bicyclic) bond motifs is 1. The molecule has 0 unspecified atom stereocenters. The molecule has 5 nitrogen and oxygen atoms in total. The first-order valence-electron chi connectivity index (χ1n) is 8.17. The maximum atomic E-state index is 12.8. The van der Waals surface area contributed by atoms with Crippen LogP contribution in [-0.4, -0.2) is 47.0 Å². The van der Waals surface area contributed by atoms with Crippen molar-refractivity contribution in [2.24, 2.45) is 11.8 Å². The summed E-state index contributed by atoms with van der Waals surface area (Å²) in [5, 5.41) is 4.35. The Labute approximate surface area is 164 Å². The standard InChI is InChI=1S/C17H20N4OS.2ClH/c22-17(21-7-3-13-9-19-10-14(13)4-8-21)15-11-20-16(23-15)12-1-5-18-6-2-12;;/h1-2,5-6,11,13-14,19H,3-4,7-10H2;2*1H/t13-,14+;;. The largest absolute Gasteiger partial charge is 0.338 e. The Bertz CT molecular complexity index is 683. The molecule has 2 aliphatic heterocycles. The van der Waals surface area contributed by atoms with Crippen LogP contribution in [0.4, 0.5) is 0 Å². The van der Waals surface area contributed by atoms with Gasteiger partial charge in [-0.05, 0) is 49.9 Å². The molecule has 25 heavy (non-hydrogen) atoms. The summed E-state index contributed by atoms with van der Waals surface area (Å²) in [6.07, 6.45) is 7.44. The molecule has 0 saturated carbocycles. The first-order chi connectivity index (χ1) is 11.3. The molecule has 2 aliphatic rings. The molecule has 2 aromatic rings. The highest BCUT2D eigenvalue weighted by Gasteiger charge is 2.32. The molecule has 1 N–H and O–H groups in total. The Hall–Kier alpha value is -1.21. The zero-order valence-electron chi connectivity index (χ0n) is 13.8. The number of thiazole rings is 1. The molecule has 0 aliphatic carbocycles. The lowest BCUT2D eigenvalue weighted by atomic mass is 9.92. The van der Waals surface area contributed by atoms with Gasteiger partial charge in [0.1, 0.15) is 9.88 Å². The van der Waals surface area contributed by atoms with Gasteiger partial charge < -0.3 is 10.2 Å². The number of hydrogen-bond donors (Lipinski definition) is 1. The van der Waals surface area contributed by atoms with Crippen molar-refractivity contribution in [1.29, 1.82) is 0 Å². The minimum atomic E-state index is 0. The van der Waals surface area contributed by atoms with E-state index in [2.05, 4.69) is 15.3 Å². The highest BCUT2D eigenvalue weighted by atomic mass is 35.5. The van der Waals surface area contributed by atoms with Crippen LogP contribution >= 0.6 is 36.2 Å². The van der Waals surface area contributed by atoms with E-state index in [-0.39, 0.29) is 30.7 Å². The fourth-order valence-electron chi connectivity index (χ4n) is 3.58. The third-order valence-corrected chi connectivity index (χ3v) is 5.98. The number of halogens is 2. The van der Waals surface area contributed by atoms with Crippen LogP contribution in [0.5, 0.6) is 0 Å². The molecular formula is C17H22Cl2N4OS. The van der Waals surface area contributed by atoms with E-state index in [0.717, 1.165) is 66.3 Å². The summed E-state index contributed by atoms with van der Waals surface area (Å²) in [5.41, 5.74) is 1.01. The third kappa shape index (κ3) is 4.31. The van der Waals surface area contributed by atoms with Gasteiger partial charge in [-0.2, -0.15) is 0 Å². The van der Waals surface area contributed by atoms with Gasteiger partial charge in [-0.25, -0.2) is 4.98 Å². The number of nitrogens with one attached hydrogen (secondary N) is 1. The van der Waals surface area contributed by atoms with Gasteiger partial charge in [-0.15, -0.1) is 36.2 Å². The summed E-state index contributed by atoms with van der Waals surface area (Å²) in [5.74, 6) is 1.61. The van der Waals surface area contributed by atoms with Crippen molar-refractivity contribution in [3.8, 4) is 10.6 Å². The van der Waals surface area contributed by atoms with E-state index in [9.17, 15) is 4.79 Å². The Balaban J connectivity index is 0.00000113. The minimum Gasteiger partial charge on any atom is -0.338 e. The van der Waals surface area contributed by atoms with Crippen LogP contribution in [0, 0.1) is 11.8 Å². The number of aromatic nitrogens is 2. The van der Waals surface area contributed by atoms with Gasteiger partial charge in [0.25, 0.3) is 5.91 Å². The lowest BCUT2D eigenvalue weighted by Gasteiger charge is -2.19. The van der Waals surface area contributed by atoms with Crippen LogP contribution < -0.4 is 5.32 Å². The number of likely N-dealkylation sites (tertiary alicyclic amines) is 1. The predicted molar refractivity (Wildman–Crippen MR) is 105 cm³/mol. The summed E-state index contributed by atoms with van der Waals surface area (Å²) in [7, 11) is 0. The average Bonchev–Trinajstić information content (AvgIpc) is 3.21. The number of pyridine rings is 1. The van der Waals surface area contributed by atoms with Gasteiger partial charge in [-0.1, -0.05) is 0 Å². The Morgan fingerprint density at radius 1 is 1.12 bits per heavy atom. The van der Waals surface area contributed by atoms with Gasteiger partial charge >= 0.3 is 0 Å². The second-order valence-corrected chi connectivity index (χ2v) is 7.34. The fraction of sp³-hybridized carbons (Fsp3) is 0.471. The van der Waals surface area contributed by atoms with Crippen LogP contribution in [-0.2, 0) is 0 Å². The molecule has 2 aromatic heterocycles. The zero-order valence-corrected chi connectivity index (χ0v) is 16.2. The third-order valence-electron chi connectivity index (χ3n) is 4.95. The van der Waals surface area contributed by atoms with Crippen LogP contribution in [0.2, 0.25) is 0 Å². The van der Waals surface area contributed by atoms with Crippen LogP contribution in [0.15, 0.2) is 30.7 Å². The molecule has 2 atom stereocenters. The molecule has 2 fully saturated rings. The molecular weight excluding hydrogens is 379 g/mol. The highest BCUT2D eigenvalue weighted by molar-refractivity contribution is 7.16. The van der Waals surface area contributed by atoms with Crippen molar-refractivity contribution in [1.82, 2.24) is 20.2 Å². The molecule has 136 valence electrons. The van der Waals surface area contributed by atoms with Gasteiger partial charge in [0, 0.05) is 31.0 Å². The normalized spacial score (nSPS) is 22.3. The van der Waals surface area contributed by atoms with E-state index >= 15 is 0 Å². The first kappa shape index (κ1) is 20.1. The molecule has 4 rings (SSSR count). The van der Waals surface area contributed by atoms with Crippen molar-refractivity contribution < 1.29 is 4.79 Å². The maximum Gasteiger partial charge on any atom is 0.265 e. The lowest BCUT2D eigenvalue weighted by Crippen LogP contribution is -2.32. The van der Waals surface area contributed by atoms with Crippen molar-refractivity contribution in [3.05, 3.63) is 35.6 Å². The van der Waals surface area contributed by atoms with Gasteiger partial charge in [-0.3, -0.25) is 9.78 Å². The molecule has 4 heterocycles. The Morgan fingerprint density at radius 3 is 2.40 bits per heavy atom. The van der Waals surface area contributed by atoms with E-state index in [1.54, 1.807) is 18.6 Å². The number of nitrogens with zero attached hydrogens (tertiary/aromatic N) is 3. The smallest absolute Gasteiger partial charge is 0.265 e. The van der Waals surface area contributed by atoms with E-state index in [0.29, 0.717) is 0 Å². The van der Waals surface area contributed by atoms with Crippen molar-refractivity contribution in [3.63, 3.8) is 0 Å². The van der Waals surface area contributed by atoms with Crippen LogP contribution in [0.1, 0.15) is 22.5 Å².